The largest absolute Gasteiger partial charge is 0.354 e. The first-order valence-electron chi connectivity index (χ1n) is 10.2. The molecule has 0 bridgehead atoms. The predicted octanol–water partition coefficient (Wildman–Crippen LogP) is 3.06. The van der Waals surface area contributed by atoms with Gasteiger partial charge in [-0.1, -0.05) is 54.6 Å². The molecule has 0 unspecified atom stereocenters. The summed E-state index contributed by atoms with van der Waals surface area (Å²) in [5.41, 5.74) is 3.95. The minimum atomic E-state index is -0.110. The fraction of sp³-hybridized carbons (Fsp3) is 0.333. The number of aryl methyl sites for hydroxylation is 1. The molecule has 1 aliphatic rings. The molecule has 5 nitrogen and oxygen atoms in total. The summed E-state index contributed by atoms with van der Waals surface area (Å²) >= 11 is 0. The summed E-state index contributed by atoms with van der Waals surface area (Å²) in [6.07, 6.45) is 5.96. The Morgan fingerprint density at radius 2 is 1.76 bits per heavy atom. The van der Waals surface area contributed by atoms with Crippen molar-refractivity contribution in [1.82, 2.24) is 20.0 Å². The van der Waals surface area contributed by atoms with Crippen molar-refractivity contribution in [3.05, 3.63) is 89.7 Å². The highest BCUT2D eigenvalue weighted by molar-refractivity contribution is 5.76. The molecule has 0 saturated heterocycles. The van der Waals surface area contributed by atoms with E-state index in [1.54, 1.807) is 10.9 Å². The number of hydrogen-bond acceptors (Lipinski definition) is 3. The monoisotopic (exact) mass is 388 g/mol. The van der Waals surface area contributed by atoms with Crippen LogP contribution in [0.15, 0.2) is 73.1 Å². The Kier molecular flexibility index (Phi) is 5.76. The number of fused-ring (bicyclic) bond motifs is 1. The maximum Gasteiger partial charge on any atom is 0.221 e. The van der Waals surface area contributed by atoms with Crippen molar-refractivity contribution in [2.24, 2.45) is 0 Å². The molecule has 1 amide bonds. The number of hydrogen-bond donors (Lipinski definition) is 1. The molecule has 1 heterocycles. The van der Waals surface area contributed by atoms with Gasteiger partial charge in [0.2, 0.25) is 5.91 Å². The second-order valence-electron chi connectivity index (χ2n) is 7.98. The smallest absolute Gasteiger partial charge is 0.221 e. The van der Waals surface area contributed by atoms with E-state index < -0.39 is 0 Å². The minimum Gasteiger partial charge on any atom is -0.354 e. The summed E-state index contributed by atoms with van der Waals surface area (Å²) in [5.74, 6) is 0.0731. The van der Waals surface area contributed by atoms with Gasteiger partial charge in [0.25, 0.3) is 0 Å². The fourth-order valence-electron chi connectivity index (χ4n) is 4.23. The van der Waals surface area contributed by atoms with E-state index in [2.05, 4.69) is 70.9 Å². The Bertz CT molecular complexity index is 912. The quantitative estimate of drug-likeness (QED) is 0.645. The number of aromatic nitrogens is 2. The van der Waals surface area contributed by atoms with E-state index in [-0.39, 0.29) is 11.4 Å². The topological polar surface area (TPSA) is 50.2 Å². The van der Waals surface area contributed by atoms with Crippen LogP contribution in [-0.4, -0.2) is 39.7 Å². The highest BCUT2D eigenvalue weighted by Gasteiger charge is 2.40. The Balaban J connectivity index is 1.45. The van der Waals surface area contributed by atoms with Gasteiger partial charge in [-0.25, -0.2) is 0 Å². The van der Waals surface area contributed by atoms with Crippen molar-refractivity contribution < 1.29 is 4.79 Å². The minimum absolute atomic E-state index is 0.0731. The molecule has 0 fully saturated rings. The third-order valence-electron chi connectivity index (χ3n) is 5.97. The van der Waals surface area contributed by atoms with Crippen LogP contribution in [0, 0.1) is 0 Å². The van der Waals surface area contributed by atoms with Gasteiger partial charge in [-0.3, -0.25) is 14.4 Å². The van der Waals surface area contributed by atoms with Crippen LogP contribution in [0.1, 0.15) is 23.1 Å². The third-order valence-corrected chi connectivity index (χ3v) is 5.97. The van der Waals surface area contributed by atoms with Crippen LogP contribution in [0.25, 0.3) is 0 Å². The first-order chi connectivity index (χ1) is 14.1. The number of benzene rings is 2. The van der Waals surface area contributed by atoms with E-state index >= 15 is 0 Å². The number of nitrogens with one attached hydrogen (secondary N) is 1. The SMILES string of the molecule is CN(Cc1ccccc1)C1(CNC(=O)CCn2cccn2)Cc2ccccc2C1. The summed E-state index contributed by atoms with van der Waals surface area (Å²) in [5, 5.41) is 7.38. The number of likely N-dealkylation sites (N-methyl/N-ethyl adjacent to an activating group) is 1. The van der Waals surface area contributed by atoms with Gasteiger partial charge in [0.05, 0.1) is 0 Å². The third kappa shape index (κ3) is 4.57. The lowest BCUT2D eigenvalue weighted by Gasteiger charge is -2.39. The van der Waals surface area contributed by atoms with Crippen molar-refractivity contribution in [1.29, 1.82) is 0 Å². The molecule has 4 rings (SSSR count). The molecular weight excluding hydrogens is 360 g/mol. The van der Waals surface area contributed by atoms with Crippen LogP contribution in [0.4, 0.5) is 0 Å². The number of carbonyl (C=O) groups excluding carboxylic acids is 1. The summed E-state index contributed by atoms with van der Waals surface area (Å²) in [4.78, 5) is 14.9. The van der Waals surface area contributed by atoms with Crippen LogP contribution >= 0.6 is 0 Å². The molecular formula is C24H28N4O. The van der Waals surface area contributed by atoms with Gasteiger partial charge in [-0.15, -0.1) is 0 Å². The molecule has 150 valence electrons. The summed E-state index contributed by atoms with van der Waals surface area (Å²) in [6.45, 7) is 2.10. The van der Waals surface area contributed by atoms with Crippen molar-refractivity contribution in [3.8, 4) is 0 Å². The zero-order valence-corrected chi connectivity index (χ0v) is 16.9. The molecule has 5 heteroatoms. The van der Waals surface area contributed by atoms with Gasteiger partial charge >= 0.3 is 0 Å². The molecule has 0 aliphatic heterocycles. The van der Waals surface area contributed by atoms with Gasteiger partial charge in [0, 0.05) is 44.0 Å². The van der Waals surface area contributed by atoms with E-state index in [0.717, 1.165) is 19.4 Å². The first kappa shape index (κ1) is 19.4. The molecule has 1 aliphatic carbocycles. The van der Waals surface area contributed by atoms with E-state index in [1.165, 1.54) is 16.7 Å². The van der Waals surface area contributed by atoms with Crippen LogP contribution in [-0.2, 0) is 30.7 Å². The van der Waals surface area contributed by atoms with E-state index in [4.69, 9.17) is 0 Å². The number of amides is 1. The molecule has 1 N–H and O–H groups in total. The average molecular weight is 389 g/mol. The molecule has 29 heavy (non-hydrogen) atoms. The van der Waals surface area contributed by atoms with Gasteiger partial charge in [0.15, 0.2) is 0 Å². The van der Waals surface area contributed by atoms with Gasteiger partial charge in [-0.2, -0.15) is 5.10 Å². The highest BCUT2D eigenvalue weighted by Crippen LogP contribution is 2.34. The van der Waals surface area contributed by atoms with Crippen LogP contribution in [0.3, 0.4) is 0 Å². The lowest BCUT2D eigenvalue weighted by molar-refractivity contribution is -0.122. The molecule has 2 aromatic carbocycles. The van der Waals surface area contributed by atoms with Crippen molar-refractivity contribution >= 4 is 5.91 Å². The van der Waals surface area contributed by atoms with Gasteiger partial charge < -0.3 is 5.32 Å². The molecule has 1 aromatic heterocycles. The Hall–Kier alpha value is -2.92. The van der Waals surface area contributed by atoms with Crippen molar-refractivity contribution in [3.63, 3.8) is 0 Å². The zero-order valence-electron chi connectivity index (χ0n) is 16.9. The summed E-state index contributed by atoms with van der Waals surface area (Å²) in [7, 11) is 2.18. The number of nitrogens with zero attached hydrogens (tertiary/aromatic N) is 3. The fourth-order valence-corrected chi connectivity index (χ4v) is 4.23. The Morgan fingerprint density at radius 3 is 2.41 bits per heavy atom. The standard InChI is InChI=1S/C24H28N4O/c1-27(18-20-8-3-2-4-9-20)24(16-21-10-5-6-11-22(21)17-24)19-25-23(29)12-15-28-14-7-13-26-28/h2-11,13-14H,12,15-19H2,1H3,(H,25,29). The van der Waals surface area contributed by atoms with E-state index in [1.807, 2.05) is 18.3 Å². The Labute approximate surface area is 172 Å². The van der Waals surface area contributed by atoms with E-state index in [9.17, 15) is 4.79 Å². The molecule has 0 saturated carbocycles. The average Bonchev–Trinajstić information content (AvgIpc) is 3.39. The highest BCUT2D eigenvalue weighted by atomic mass is 16.1. The summed E-state index contributed by atoms with van der Waals surface area (Å²) in [6, 6.07) is 21.0. The van der Waals surface area contributed by atoms with Crippen LogP contribution < -0.4 is 5.32 Å². The molecule has 3 aromatic rings. The van der Waals surface area contributed by atoms with Gasteiger partial charge in [-0.05, 0) is 42.6 Å². The second-order valence-corrected chi connectivity index (χ2v) is 7.98. The molecule has 0 spiro atoms. The molecule has 0 atom stereocenters. The lowest BCUT2D eigenvalue weighted by Crippen LogP contribution is -2.54. The maximum atomic E-state index is 12.5. The maximum absolute atomic E-state index is 12.5. The van der Waals surface area contributed by atoms with Crippen molar-refractivity contribution in [2.45, 2.75) is 37.9 Å². The van der Waals surface area contributed by atoms with Crippen molar-refractivity contribution in [2.75, 3.05) is 13.6 Å². The number of carbonyl (C=O) groups is 1. The van der Waals surface area contributed by atoms with Crippen LogP contribution in [0.5, 0.6) is 0 Å². The summed E-state index contributed by atoms with van der Waals surface area (Å²) < 4.78 is 1.79. The second kappa shape index (κ2) is 8.62. The Morgan fingerprint density at radius 1 is 1.07 bits per heavy atom. The van der Waals surface area contributed by atoms with Gasteiger partial charge in [0.1, 0.15) is 0 Å². The number of rotatable bonds is 8. The normalized spacial score (nSPS) is 14.7. The lowest BCUT2D eigenvalue weighted by atomic mass is 9.92. The van der Waals surface area contributed by atoms with Crippen LogP contribution in [0.2, 0.25) is 0 Å². The van der Waals surface area contributed by atoms with E-state index in [0.29, 0.717) is 19.5 Å². The molecule has 0 radical (unpaired) electrons. The predicted molar refractivity (Wildman–Crippen MR) is 114 cm³/mol. The first-order valence-corrected chi connectivity index (χ1v) is 10.2. The zero-order chi connectivity index (χ0) is 20.1.